The number of fused-ring (bicyclic) bond motifs is 1. The SMILES string of the molecule is CCCc1ccc(S(=O)(=O)NCCn2c(CCc3ccccc3)nc3ccccc32)cc1. The maximum atomic E-state index is 12.8. The van der Waals surface area contributed by atoms with Gasteiger partial charge in [-0.1, -0.05) is 67.9 Å². The molecule has 4 rings (SSSR count). The minimum atomic E-state index is -3.55. The normalized spacial score (nSPS) is 11.8. The molecule has 0 bridgehead atoms. The summed E-state index contributed by atoms with van der Waals surface area (Å²) in [7, 11) is -3.55. The predicted octanol–water partition coefficient (Wildman–Crippen LogP) is 4.75. The third-order valence-electron chi connectivity index (χ3n) is 5.61. The number of sulfonamides is 1. The third-order valence-corrected chi connectivity index (χ3v) is 7.09. The summed E-state index contributed by atoms with van der Waals surface area (Å²) in [6.07, 6.45) is 3.67. The molecule has 0 atom stereocenters. The zero-order valence-electron chi connectivity index (χ0n) is 18.4. The molecule has 32 heavy (non-hydrogen) atoms. The number of nitrogens with one attached hydrogen (secondary N) is 1. The van der Waals surface area contributed by atoms with Gasteiger partial charge in [0, 0.05) is 19.5 Å². The van der Waals surface area contributed by atoms with Gasteiger partial charge in [-0.15, -0.1) is 0 Å². The molecule has 3 aromatic carbocycles. The van der Waals surface area contributed by atoms with Crippen molar-refractivity contribution in [2.75, 3.05) is 6.54 Å². The highest BCUT2D eigenvalue weighted by molar-refractivity contribution is 7.89. The van der Waals surface area contributed by atoms with Crippen molar-refractivity contribution in [3.63, 3.8) is 0 Å². The summed E-state index contributed by atoms with van der Waals surface area (Å²) in [6, 6.07) is 25.5. The summed E-state index contributed by atoms with van der Waals surface area (Å²) in [5.41, 5.74) is 4.38. The van der Waals surface area contributed by atoms with Gasteiger partial charge in [0.1, 0.15) is 5.82 Å². The largest absolute Gasteiger partial charge is 0.327 e. The number of aromatic nitrogens is 2. The lowest BCUT2D eigenvalue weighted by Crippen LogP contribution is -2.28. The average molecular weight is 448 g/mol. The zero-order valence-corrected chi connectivity index (χ0v) is 19.2. The van der Waals surface area contributed by atoms with Gasteiger partial charge in [0.2, 0.25) is 10.0 Å². The summed E-state index contributed by atoms with van der Waals surface area (Å²) in [5, 5.41) is 0. The topological polar surface area (TPSA) is 64.0 Å². The maximum Gasteiger partial charge on any atom is 0.240 e. The Hall–Kier alpha value is -2.96. The lowest BCUT2D eigenvalue weighted by molar-refractivity contribution is 0.571. The molecule has 0 radical (unpaired) electrons. The van der Waals surface area contributed by atoms with E-state index in [0.29, 0.717) is 18.0 Å². The molecule has 6 heteroatoms. The van der Waals surface area contributed by atoms with Gasteiger partial charge >= 0.3 is 0 Å². The lowest BCUT2D eigenvalue weighted by Gasteiger charge is -2.11. The summed E-state index contributed by atoms with van der Waals surface area (Å²) < 4.78 is 30.4. The van der Waals surface area contributed by atoms with E-state index in [9.17, 15) is 8.42 Å². The van der Waals surface area contributed by atoms with E-state index in [2.05, 4.69) is 28.3 Å². The fourth-order valence-electron chi connectivity index (χ4n) is 3.97. The highest BCUT2D eigenvalue weighted by Crippen LogP contribution is 2.18. The molecule has 0 spiro atoms. The molecule has 1 heterocycles. The number of nitrogens with zero attached hydrogens (tertiary/aromatic N) is 2. The molecule has 0 unspecified atom stereocenters. The monoisotopic (exact) mass is 447 g/mol. The third kappa shape index (κ3) is 5.26. The van der Waals surface area contributed by atoms with Crippen LogP contribution in [0.25, 0.3) is 11.0 Å². The van der Waals surface area contributed by atoms with Crippen molar-refractivity contribution in [3.05, 3.63) is 95.8 Å². The molecule has 0 fully saturated rings. The van der Waals surface area contributed by atoms with E-state index in [-0.39, 0.29) is 0 Å². The predicted molar refractivity (Wildman–Crippen MR) is 129 cm³/mol. The summed E-state index contributed by atoms with van der Waals surface area (Å²) in [6.45, 7) is 2.94. The highest BCUT2D eigenvalue weighted by atomic mass is 32.2. The fraction of sp³-hybridized carbons (Fsp3) is 0.269. The number of aryl methyl sites for hydroxylation is 3. The Kier molecular flexibility index (Phi) is 7.02. The van der Waals surface area contributed by atoms with E-state index in [1.54, 1.807) is 12.1 Å². The van der Waals surface area contributed by atoms with Gasteiger partial charge in [-0.3, -0.25) is 0 Å². The average Bonchev–Trinajstić information content (AvgIpc) is 3.16. The minimum absolute atomic E-state index is 0.303. The molecule has 1 N–H and O–H groups in total. The first-order valence-electron chi connectivity index (χ1n) is 11.1. The van der Waals surface area contributed by atoms with Crippen LogP contribution in [0.3, 0.4) is 0 Å². The molecular formula is C26H29N3O2S. The molecule has 0 saturated heterocycles. The van der Waals surface area contributed by atoms with Gasteiger partial charge in [0.25, 0.3) is 0 Å². The van der Waals surface area contributed by atoms with E-state index >= 15 is 0 Å². The molecule has 0 saturated carbocycles. The highest BCUT2D eigenvalue weighted by Gasteiger charge is 2.15. The van der Waals surface area contributed by atoms with E-state index < -0.39 is 10.0 Å². The van der Waals surface area contributed by atoms with Crippen molar-refractivity contribution >= 4 is 21.1 Å². The minimum Gasteiger partial charge on any atom is -0.327 e. The molecule has 5 nitrogen and oxygen atoms in total. The Morgan fingerprint density at radius 2 is 1.50 bits per heavy atom. The van der Waals surface area contributed by atoms with Crippen LogP contribution in [0.15, 0.2) is 83.8 Å². The van der Waals surface area contributed by atoms with Crippen molar-refractivity contribution in [3.8, 4) is 0 Å². The number of imidazole rings is 1. The second-order valence-corrected chi connectivity index (χ2v) is 9.71. The first kappa shape index (κ1) is 22.2. The number of para-hydroxylation sites is 2. The van der Waals surface area contributed by atoms with Gasteiger partial charge in [0.05, 0.1) is 15.9 Å². The van der Waals surface area contributed by atoms with Gasteiger partial charge in [-0.25, -0.2) is 18.1 Å². The number of hydrogen-bond donors (Lipinski definition) is 1. The number of rotatable bonds is 10. The first-order valence-corrected chi connectivity index (χ1v) is 12.6. The van der Waals surface area contributed by atoms with E-state index in [1.165, 1.54) is 5.56 Å². The fourth-order valence-corrected chi connectivity index (χ4v) is 4.99. The van der Waals surface area contributed by atoms with Crippen LogP contribution in [0.2, 0.25) is 0 Å². The summed E-state index contributed by atoms with van der Waals surface area (Å²) >= 11 is 0. The quantitative estimate of drug-likeness (QED) is 0.381. The molecule has 0 amide bonds. The Labute approximate surface area is 190 Å². The summed E-state index contributed by atoms with van der Waals surface area (Å²) in [5.74, 6) is 0.971. The molecule has 0 aliphatic carbocycles. The molecule has 4 aromatic rings. The van der Waals surface area contributed by atoms with Crippen molar-refractivity contribution < 1.29 is 8.42 Å². The second kappa shape index (κ2) is 10.1. The Balaban J connectivity index is 1.47. The van der Waals surface area contributed by atoms with Crippen LogP contribution in [0.1, 0.15) is 30.3 Å². The van der Waals surface area contributed by atoms with Crippen molar-refractivity contribution in [1.82, 2.24) is 14.3 Å². The van der Waals surface area contributed by atoms with Crippen molar-refractivity contribution in [2.24, 2.45) is 0 Å². The molecular weight excluding hydrogens is 418 g/mol. The van der Waals surface area contributed by atoms with Crippen LogP contribution < -0.4 is 4.72 Å². The molecule has 0 aliphatic heterocycles. The molecule has 1 aromatic heterocycles. The summed E-state index contributed by atoms with van der Waals surface area (Å²) in [4.78, 5) is 5.12. The van der Waals surface area contributed by atoms with Crippen molar-refractivity contribution in [1.29, 1.82) is 0 Å². The first-order chi connectivity index (χ1) is 15.6. The van der Waals surface area contributed by atoms with Gasteiger partial charge in [-0.05, 0) is 48.2 Å². The van der Waals surface area contributed by atoms with Crippen LogP contribution in [-0.4, -0.2) is 24.5 Å². The smallest absolute Gasteiger partial charge is 0.240 e. The van der Waals surface area contributed by atoms with Gasteiger partial charge < -0.3 is 4.57 Å². The van der Waals surface area contributed by atoms with Crippen LogP contribution in [0.4, 0.5) is 0 Å². The van der Waals surface area contributed by atoms with E-state index in [4.69, 9.17) is 4.98 Å². The number of benzene rings is 3. The number of hydrogen-bond acceptors (Lipinski definition) is 3. The Bertz CT molecular complexity index is 1260. The van der Waals surface area contributed by atoms with E-state index in [0.717, 1.165) is 48.1 Å². The van der Waals surface area contributed by atoms with Gasteiger partial charge in [0.15, 0.2) is 0 Å². The van der Waals surface area contributed by atoms with E-state index in [1.807, 2.05) is 54.6 Å². The van der Waals surface area contributed by atoms with Crippen LogP contribution in [-0.2, 0) is 35.8 Å². The maximum absolute atomic E-state index is 12.8. The lowest BCUT2D eigenvalue weighted by atomic mass is 10.1. The van der Waals surface area contributed by atoms with Crippen LogP contribution >= 0.6 is 0 Å². The standard InChI is InChI=1S/C26H29N3O2S/c1-2-8-21-13-16-23(17-14-21)32(30,31)27-19-20-29-25-12-7-6-11-24(25)28-26(29)18-15-22-9-4-3-5-10-22/h3-7,9-14,16-17,27H,2,8,15,18-20H2,1H3. The van der Waals surface area contributed by atoms with Crippen LogP contribution in [0.5, 0.6) is 0 Å². The molecule has 166 valence electrons. The van der Waals surface area contributed by atoms with Gasteiger partial charge in [-0.2, -0.15) is 0 Å². The zero-order chi connectivity index (χ0) is 22.4. The van der Waals surface area contributed by atoms with Crippen LogP contribution in [0, 0.1) is 0 Å². The second-order valence-electron chi connectivity index (χ2n) is 7.95. The van der Waals surface area contributed by atoms with Crippen molar-refractivity contribution in [2.45, 2.75) is 44.0 Å². The Morgan fingerprint density at radius 1 is 0.812 bits per heavy atom. The molecule has 0 aliphatic rings. The Morgan fingerprint density at radius 3 is 2.25 bits per heavy atom.